The van der Waals surface area contributed by atoms with Crippen molar-refractivity contribution in [2.75, 3.05) is 0 Å². The summed E-state index contributed by atoms with van der Waals surface area (Å²) >= 11 is 6.61. The van der Waals surface area contributed by atoms with Crippen molar-refractivity contribution in [3.63, 3.8) is 0 Å². The minimum atomic E-state index is 0.137. The van der Waals surface area contributed by atoms with Gasteiger partial charge in [-0.15, -0.1) is 16.8 Å². The van der Waals surface area contributed by atoms with E-state index >= 15 is 0 Å². The van der Waals surface area contributed by atoms with Crippen LogP contribution in [0.5, 0.6) is 11.5 Å². The summed E-state index contributed by atoms with van der Waals surface area (Å²) in [5.41, 5.74) is 2.44. The van der Waals surface area contributed by atoms with Gasteiger partial charge in [-0.3, -0.25) is 0 Å². The van der Waals surface area contributed by atoms with Gasteiger partial charge in [0, 0.05) is 5.56 Å². The second-order valence-corrected chi connectivity index (χ2v) is 7.15. The highest BCUT2D eigenvalue weighted by Gasteiger charge is 2.10. The van der Waals surface area contributed by atoms with Crippen molar-refractivity contribution in [1.82, 2.24) is 15.2 Å². The number of phenols is 1. The number of aromatic nitrogens is 3. The van der Waals surface area contributed by atoms with Gasteiger partial charge in [-0.1, -0.05) is 24.3 Å². The van der Waals surface area contributed by atoms with Crippen molar-refractivity contribution in [2.24, 2.45) is 0 Å². The highest BCUT2D eigenvalue weighted by molar-refractivity contribution is 9.11. The molecule has 1 heterocycles. The van der Waals surface area contributed by atoms with E-state index in [9.17, 15) is 5.11 Å². The summed E-state index contributed by atoms with van der Waals surface area (Å²) in [5, 5.41) is 18.1. The van der Waals surface area contributed by atoms with Gasteiger partial charge in [0.1, 0.15) is 23.8 Å². The van der Waals surface area contributed by atoms with E-state index in [0.717, 1.165) is 23.3 Å². The maximum Gasteiger partial charge on any atom is 0.188 e. The quantitative estimate of drug-likeness (QED) is 0.502. The number of ether oxygens (including phenoxy) is 1. The molecule has 7 heteroatoms. The van der Waals surface area contributed by atoms with Gasteiger partial charge in [-0.2, -0.15) is 0 Å². The van der Waals surface area contributed by atoms with Crippen LogP contribution in [0.1, 0.15) is 11.4 Å². The molecule has 5 nitrogen and oxygen atoms in total. The molecule has 0 saturated heterocycles. The zero-order chi connectivity index (χ0) is 18.5. The van der Waals surface area contributed by atoms with Crippen LogP contribution < -0.4 is 4.74 Å². The van der Waals surface area contributed by atoms with Crippen LogP contribution >= 0.6 is 31.9 Å². The van der Waals surface area contributed by atoms with Crippen LogP contribution in [0.2, 0.25) is 0 Å². The summed E-state index contributed by atoms with van der Waals surface area (Å²) in [6, 6.07) is 11.3. The summed E-state index contributed by atoms with van der Waals surface area (Å²) in [4.78, 5) is 4.32. The first-order chi connectivity index (χ1) is 12.6. The number of para-hydroxylation sites is 1. The first kappa shape index (κ1) is 18.5. The highest BCUT2D eigenvalue weighted by Crippen LogP contribution is 2.36. The van der Waals surface area contributed by atoms with E-state index in [0.29, 0.717) is 20.5 Å². The van der Waals surface area contributed by atoms with Gasteiger partial charge in [0.2, 0.25) is 0 Å². The lowest BCUT2D eigenvalue weighted by Gasteiger charge is -2.09. The summed E-state index contributed by atoms with van der Waals surface area (Å²) in [7, 11) is 0. The molecule has 132 valence electrons. The van der Waals surface area contributed by atoms with Gasteiger partial charge in [0.05, 0.1) is 15.1 Å². The van der Waals surface area contributed by atoms with Gasteiger partial charge < -0.3 is 9.84 Å². The molecule has 0 aliphatic rings. The van der Waals surface area contributed by atoms with Crippen molar-refractivity contribution in [1.29, 1.82) is 0 Å². The maximum absolute atomic E-state index is 9.79. The highest BCUT2D eigenvalue weighted by atomic mass is 79.9. The minimum Gasteiger partial charge on any atom is -0.506 e. The third kappa shape index (κ3) is 4.28. The molecule has 0 fully saturated rings. The van der Waals surface area contributed by atoms with Crippen LogP contribution in [0.25, 0.3) is 11.3 Å². The molecule has 0 atom stereocenters. The summed E-state index contributed by atoms with van der Waals surface area (Å²) in [6.07, 6.45) is 4.20. The molecule has 1 N–H and O–H groups in total. The first-order valence-electron chi connectivity index (χ1n) is 7.77. The minimum absolute atomic E-state index is 0.137. The van der Waals surface area contributed by atoms with Crippen LogP contribution in [0, 0.1) is 0 Å². The molecular formula is C19H15Br2N3O2. The maximum atomic E-state index is 9.79. The molecule has 2 aromatic carbocycles. The number of allylic oxidation sites excluding steroid dienone is 1. The van der Waals surface area contributed by atoms with E-state index in [4.69, 9.17) is 4.74 Å². The topological polar surface area (TPSA) is 68.1 Å². The van der Waals surface area contributed by atoms with E-state index in [-0.39, 0.29) is 12.4 Å². The van der Waals surface area contributed by atoms with Gasteiger partial charge >= 0.3 is 0 Å². The summed E-state index contributed by atoms with van der Waals surface area (Å²) < 4.78 is 6.94. The normalized spacial score (nSPS) is 10.5. The fourth-order valence-electron chi connectivity index (χ4n) is 2.32. The van der Waals surface area contributed by atoms with Crippen molar-refractivity contribution < 1.29 is 9.84 Å². The Bertz CT molecular complexity index is 907. The van der Waals surface area contributed by atoms with E-state index in [1.54, 1.807) is 18.3 Å². The Balaban J connectivity index is 1.74. The largest absolute Gasteiger partial charge is 0.506 e. The Morgan fingerprint density at radius 2 is 1.85 bits per heavy atom. The number of rotatable bonds is 6. The molecule has 3 rings (SSSR count). The monoisotopic (exact) mass is 475 g/mol. The van der Waals surface area contributed by atoms with Crippen molar-refractivity contribution in [2.45, 2.75) is 13.0 Å². The molecule has 0 aliphatic carbocycles. The predicted octanol–water partition coefficient (Wildman–Crippen LogP) is 5.08. The number of phenolic OH excluding ortho intramolecular Hbond substituents is 1. The molecule has 0 spiro atoms. The Kier molecular flexibility index (Phi) is 6.00. The number of nitrogens with zero attached hydrogens (tertiary/aromatic N) is 3. The van der Waals surface area contributed by atoms with Gasteiger partial charge in [0.15, 0.2) is 5.82 Å². The van der Waals surface area contributed by atoms with Gasteiger partial charge in [-0.05, 0) is 62.0 Å². The zero-order valence-corrected chi connectivity index (χ0v) is 16.9. The SMILES string of the molecule is C=CCc1ccccc1OCc1ncc(-c2cc(Br)c(O)c(Br)c2)nn1. The standard InChI is InChI=1S/C19H15Br2N3O2/c1-2-5-12-6-3-4-7-17(12)26-11-18-22-10-16(23-24-18)13-8-14(20)19(25)15(21)9-13/h2-4,6-10,25H,1,5,11H2. The average molecular weight is 477 g/mol. The fourth-order valence-corrected chi connectivity index (χ4v) is 3.51. The number of aromatic hydroxyl groups is 1. The molecule has 0 radical (unpaired) electrons. The Hall–Kier alpha value is -2.25. The second kappa shape index (κ2) is 8.42. The van der Waals surface area contributed by atoms with E-state index in [1.165, 1.54) is 0 Å². The third-order valence-electron chi connectivity index (χ3n) is 3.62. The van der Waals surface area contributed by atoms with E-state index < -0.39 is 0 Å². The lowest BCUT2D eigenvalue weighted by Crippen LogP contribution is -2.04. The molecule has 0 amide bonds. The lowest BCUT2D eigenvalue weighted by molar-refractivity contribution is 0.291. The Labute approximate surface area is 168 Å². The van der Waals surface area contributed by atoms with Crippen molar-refractivity contribution >= 4 is 31.9 Å². The zero-order valence-electron chi connectivity index (χ0n) is 13.7. The second-order valence-electron chi connectivity index (χ2n) is 5.44. The molecular weight excluding hydrogens is 462 g/mol. The van der Waals surface area contributed by atoms with E-state index in [2.05, 4.69) is 53.6 Å². The molecule has 3 aromatic rings. The molecule has 0 saturated carbocycles. The summed E-state index contributed by atoms with van der Waals surface area (Å²) in [6.45, 7) is 3.99. The smallest absolute Gasteiger partial charge is 0.188 e. The molecule has 0 bridgehead atoms. The van der Waals surface area contributed by atoms with Crippen LogP contribution in [0.3, 0.4) is 0 Å². The Morgan fingerprint density at radius 3 is 2.50 bits per heavy atom. The number of benzene rings is 2. The van der Waals surface area contributed by atoms with Crippen LogP contribution in [0.4, 0.5) is 0 Å². The van der Waals surface area contributed by atoms with Gasteiger partial charge in [0.25, 0.3) is 0 Å². The van der Waals surface area contributed by atoms with Crippen molar-refractivity contribution in [3.8, 4) is 22.8 Å². The van der Waals surface area contributed by atoms with Crippen LogP contribution in [0.15, 0.2) is 64.2 Å². The van der Waals surface area contributed by atoms with Gasteiger partial charge in [-0.25, -0.2) is 4.98 Å². The molecule has 26 heavy (non-hydrogen) atoms. The van der Waals surface area contributed by atoms with Crippen LogP contribution in [-0.4, -0.2) is 20.3 Å². The fraction of sp³-hybridized carbons (Fsp3) is 0.105. The predicted molar refractivity (Wildman–Crippen MR) is 107 cm³/mol. The third-order valence-corrected chi connectivity index (χ3v) is 4.82. The van der Waals surface area contributed by atoms with Crippen LogP contribution in [-0.2, 0) is 13.0 Å². The lowest BCUT2D eigenvalue weighted by atomic mass is 10.1. The first-order valence-corrected chi connectivity index (χ1v) is 9.35. The Morgan fingerprint density at radius 1 is 1.12 bits per heavy atom. The number of halogens is 2. The van der Waals surface area contributed by atoms with Crippen molar-refractivity contribution in [3.05, 3.63) is 75.6 Å². The average Bonchev–Trinajstić information content (AvgIpc) is 2.66. The number of hydrogen-bond acceptors (Lipinski definition) is 5. The number of hydrogen-bond donors (Lipinski definition) is 1. The molecule has 0 aliphatic heterocycles. The molecule has 0 unspecified atom stereocenters. The van der Waals surface area contributed by atoms with E-state index in [1.807, 2.05) is 30.3 Å². The molecule has 1 aromatic heterocycles. The summed E-state index contributed by atoms with van der Waals surface area (Å²) in [5.74, 6) is 1.41.